The lowest BCUT2D eigenvalue weighted by molar-refractivity contribution is -0.113. The minimum Gasteiger partial charge on any atom is -0.478 e. The highest BCUT2D eigenvalue weighted by Gasteiger charge is 2.17. The molecular weight excluding hydrogens is 289 g/mol. The zero-order valence-corrected chi connectivity index (χ0v) is 11.5. The highest BCUT2D eigenvalue weighted by atomic mass is 32.2. The second-order valence-electron chi connectivity index (χ2n) is 4.14. The van der Waals surface area contributed by atoms with E-state index in [0.29, 0.717) is 6.42 Å². The van der Waals surface area contributed by atoms with E-state index in [2.05, 4.69) is 5.32 Å². The molecule has 0 aliphatic carbocycles. The molecule has 0 heterocycles. The molecule has 1 aromatic carbocycles. The van der Waals surface area contributed by atoms with Gasteiger partial charge in [0.1, 0.15) is 11.6 Å². The van der Waals surface area contributed by atoms with Gasteiger partial charge in [-0.05, 0) is 24.6 Å². The summed E-state index contributed by atoms with van der Waals surface area (Å²) in [4.78, 5) is 22.3. The van der Waals surface area contributed by atoms with Gasteiger partial charge in [-0.2, -0.15) is 0 Å². The van der Waals surface area contributed by atoms with Crippen LogP contribution in [0.2, 0.25) is 0 Å². The molecule has 0 radical (unpaired) electrons. The van der Waals surface area contributed by atoms with E-state index in [1.807, 2.05) is 0 Å². The molecule has 0 saturated heterocycles. The van der Waals surface area contributed by atoms with Crippen molar-refractivity contribution >= 4 is 27.4 Å². The Morgan fingerprint density at radius 2 is 2.00 bits per heavy atom. The van der Waals surface area contributed by atoms with Crippen LogP contribution in [0.15, 0.2) is 18.2 Å². The van der Waals surface area contributed by atoms with Crippen molar-refractivity contribution in [3.05, 3.63) is 29.6 Å². The molecule has 0 aliphatic rings. The summed E-state index contributed by atoms with van der Waals surface area (Å²) in [6, 6.07) is 2.86. The zero-order chi connectivity index (χ0) is 15.3. The maximum atomic E-state index is 13.4. The lowest BCUT2D eigenvalue weighted by Crippen LogP contribution is -2.25. The molecule has 0 atom stereocenters. The number of halogens is 1. The average Bonchev–Trinajstić information content (AvgIpc) is 2.30. The Hall–Kier alpha value is -1.96. The van der Waals surface area contributed by atoms with Crippen LogP contribution >= 0.6 is 0 Å². The van der Waals surface area contributed by atoms with E-state index in [1.54, 1.807) is 6.92 Å². The van der Waals surface area contributed by atoms with Gasteiger partial charge < -0.3 is 10.4 Å². The van der Waals surface area contributed by atoms with Gasteiger partial charge in [-0.25, -0.2) is 17.6 Å². The van der Waals surface area contributed by atoms with Gasteiger partial charge in [-0.15, -0.1) is 0 Å². The predicted octanol–water partition coefficient (Wildman–Crippen LogP) is 1.29. The number of benzene rings is 1. The summed E-state index contributed by atoms with van der Waals surface area (Å²) in [5.41, 5.74) is -0.570. The van der Waals surface area contributed by atoms with Crippen LogP contribution in [-0.2, 0) is 14.6 Å². The lowest BCUT2D eigenvalue weighted by Gasteiger charge is -2.07. The largest absolute Gasteiger partial charge is 0.478 e. The van der Waals surface area contributed by atoms with E-state index in [9.17, 15) is 22.4 Å². The van der Waals surface area contributed by atoms with Gasteiger partial charge in [-0.3, -0.25) is 4.79 Å². The fourth-order valence-electron chi connectivity index (χ4n) is 1.52. The smallest absolute Gasteiger partial charge is 0.335 e. The minimum atomic E-state index is -3.54. The van der Waals surface area contributed by atoms with E-state index in [4.69, 9.17) is 5.11 Å². The molecule has 0 aromatic heterocycles. The summed E-state index contributed by atoms with van der Waals surface area (Å²) < 4.78 is 36.3. The van der Waals surface area contributed by atoms with E-state index in [0.717, 1.165) is 18.2 Å². The molecule has 0 fully saturated rings. The summed E-state index contributed by atoms with van der Waals surface area (Å²) in [6.45, 7) is 1.66. The molecule has 6 nitrogen and oxygen atoms in total. The first-order valence-electron chi connectivity index (χ1n) is 5.78. The van der Waals surface area contributed by atoms with E-state index < -0.39 is 33.3 Å². The first-order valence-corrected chi connectivity index (χ1v) is 7.60. The van der Waals surface area contributed by atoms with Gasteiger partial charge in [0.25, 0.3) is 0 Å². The maximum absolute atomic E-state index is 13.4. The number of carbonyl (C=O) groups excluding carboxylic acids is 1. The SMILES string of the molecule is CCCS(=O)(=O)CC(=O)Nc1cc(C(=O)O)ccc1F. The van der Waals surface area contributed by atoms with E-state index >= 15 is 0 Å². The van der Waals surface area contributed by atoms with Crippen LogP contribution in [0.5, 0.6) is 0 Å². The molecule has 1 amide bonds. The van der Waals surface area contributed by atoms with Crippen LogP contribution in [-0.4, -0.2) is 36.9 Å². The minimum absolute atomic E-state index is 0.141. The van der Waals surface area contributed by atoms with Crippen LogP contribution in [0, 0.1) is 5.82 Å². The van der Waals surface area contributed by atoms with Gasteiger partial charge in [0, 0.05) is 0 Å². The van der Waals surface area contributed by atoms with Gasteiger partial charge in [0.15, 0.2) is 9.84 Å². The van der Waals surface area contributed by atoms with Crippen LogP contribution in [0.1, 0.15) is 23.7 Å². The first-order chi connectivity index (χ1) is 9.25. The second kappa shape index (κ2) is 6.47. The Balaban J connectivity index is 2.85. The summed E-state index contributed by atoms with van der Waals surface area (Å²) in [7, 11) is -3.54. The van der Waals surface area contributed by atoms with Crippen molar-refractivity contribution in [3.8, 4) is 0 Å². The number of hydrogen-bond acceptors (Lipinski definition) is 4. The Kier molecular flexibility index (Phi) is 5.20. The van der Waals surface area contributed by atoms with Crippen molar-refractivity contribution in [2.24, 2.45) is 0 Å². The number of carbonyl (C=O) groups is 2. The highest BCUT2D eigenvalue weighted by Crippen LogP contribution is 2.16. The molecule has 0 aliphatic heterocycles. The van der Waals surface area contributed by atoms with Crippen LogP contribution in [0.3, 0.4) is 0 Å². The van der Waals surface area contributed by atoms with E-state index in [-0.39, 0.29) is 17.0 Å². The molecule has 0 spiro atoms. The zero-order valence-electron chi connectivity index (χ0n) is 10.7. The van der Waals surface area contributed by atoms with Crippen LogP contribution in [0.25, 0.3) is 0 Å². The molecule has 1 rings (SSSR count). The number of aromatic carboxylic acids is 1. The van der Waals surface area contributed by atoms with Crippen molar-refractivity contribution in [2.75, 3.05) is 16.8 Å². The van der Waals surface area contributed by atoms with Crippen molar-refractivity contribution in [1.29, 1.82) is 0 Å². The van der Waals surface area contributed by atoms with Crippen LogP contribution < -0.4 is 5.32 Å². The van der Waals surface area contributed by atoms with E-state index in [1.165, 1.54) is 0 Å². The van der Waals surface area contributed by atoms with Gasteiger partial charge in [0.2, 0.25) is 5.91 Å². The third-order valence-electron chi connectivity index (χ3n) is 2.35. The Morgan fingerprint density at radius 1 is 1.35 bits per heavy atom. The standard InChI is InChI=1S/C12H14FNO5S/c1-2-5-20(18,19)7-11(15)14-10-6-8(12(16)17)3-4-9(10)13/h3-4,6H,2,5,7H2,1H3,(H,14,15)(H,16,17). The molecule has 2 N–H and O–H groups in total. The predicted molar refractivity (Wildman–Crippen MR) is 70.9 cm³/mol. The monoisotopic (exact) mass is 303 g/mol. The number of amides is 1. The summed E-state index contributed by atoms with van der Waals surface area (Å²) in [6.07, 6.45) is 0.373. The average molecular weight is 303 g/mol. The topological polar surface area (TPSA) is 101 Å². The number of carboxylic acids is 1. The molecular formula is C12H14FNO5S. The lowest BCUT2D eigenvalue weighted by atomic mass is 10.2. The Bertz CT molecular complexity index is 627. The van der Waals surface area contributed by atoms with Crippen LogP contribution in [0.4, 0.5) is 10.1 Å². The molecule has 0 saturated carbocycles. The first kappa shape index (κ1) is 16.1. The number of hydrogen-bond donors (Lipinski definition) is 2. The second-order valence-corrected chi connectivity index (χ2v) is 6.32. The maximum Gasteiger partial charge on any atom is 0.335 e. The fourth-order valence-corrected chi connectivity index (χ4v) is 2.76. The molecule has 20 heavy (non-hydrogen) atoms. The summed E-state index contributed by atoms with van der Waals surface area (Å²) in [5, 5.41) is 10.8. The molecule has 110 valence electrons. The molecule has 1 aromatic rings. The summed E-state index contributed by atoms with van der Waals surface area (Å²) in [5.74, 6) is -3.93. The highest BCUT2D eigenvalue weighted by molar-refractivity contribution is 7.92. The Labute approximate surface area is 115 Å². The third kappa shape index (κ3) is 4.61. The third-order valence-corrected chi connectivity index (χ3v) is 4.09. The summed E-state index contributed by atoms with van der Waals surface area (Å²) >= 11 is 0. The fraction of sp³-hybridized carbons (Fsp3) is 0.333. The van der Waals surface area contributed by atoms with Crippen molar-refractivity contribution in [1.82, 2.24) is 0 Å². The molecule has 0 bridgehead atoms. The van der Waals surface area contributed by atoms with Gasteiger partial charge in [0.05, 0.1) is 17.0 Å². The number of anilines is 1. The Morgan fingerprint density at radius 3 is 2.55 bits per heavy atom. The van der Waals surface area contributed by atoms with Gasteiger partial charge in [-0.1, -0.05) is 6.92 Å². The number of rotatable bonds is 6. The normalized spacial score (nSPS) is 11.1. The quantitative estimate of drug-likeness (QED) is 0.824. The van der Waals surface area contributed by atoms with Gasteiger partial charge >= 0.3 is 5.97 Å². The van der Waals surface area contributed by atoms with Crippen molar-refractivity contribution in [3.63, 3.8) is 0 Å². The molecule has 8 heteroatoms. The number of nitrogens with one attached hydrogen (secondary N) is 1. The van der Waals surface area contributed by atoms with Crippen molar-refractivity contribution < 1.29 is 27.5 Å². The van der Waals surface area contributed by atoms with Crippen molar-refractivity contribution in [2.45, 2.75) is 13.3 Å². The molecule has 0 unspecified atom stereocenters. The number of sulfone groups is 1. The number of carboxylic acid groups (broad SMARTS) is 1.